The number of anilines is 1. The Bertz CT molecular complexity index is 755. The molecule has 2 aromatic rings. The van der Waals surface area contributed by atoms with Gasteiger partial charge in [-0.2, -0.15) is 0 Å². The van der Waals surface area contributed by atoms with Crippen molar-refractivity contribution < 1.29 is 14.0 Å². The number of amides is 2. The summed E-state index contributed by atoms with van der Waals surface area (Å²) in [5.74, 6) is -0.867. The molecule has 2 aromatic carbocycles. The molecule has 1 heterocycles. The van der Waals surface area contributed by atoms with Gasteiger partial charge in [-0.05, 0) is 37.1 Å². The van der Waals surface area contributed by atoms with E-state index in [1.54, 1.807) is 29.0 Å². The summed E-state index contributed by atoms with van der Waals surface area (Å²) in [6, 6.07) is 15.5. The quantitative estimate of drug-likeness (QED) is 0.860. The van der Waals surface area contributed by atoms with Gasteiger partial charge >= 0.3 is 0 Å². The second-order valence-electron chi connectivity index (χ2n) is 6.28. The molecule has 5 heteroatoms. The average Bonchev–Trinajstić information content (AvgIpc) is 2.67. The zero-order valence-electron chi connectivity index (χ0n) is 14.2. The number of benzene rings is 2. The van der Waals surface area contributed by atoms with E-state index >= 15 is 0 Å². The number of nitrogens with zero attached hydrogens (tertiary/aromatic N) is 2. The minimum absolute atomic E-state index is 0.0594. The van der Waals surface area contributed by atoms with E-state index < -0.39 is 5.82 Å². The lowest BCUT2D eigenvalue weighted by Gasteiger charge is -2.33. The number of piperidine rings is 1. The second kappa shape index (κ2) is 7.47. The molecule has 0 aliphatic carbocycles. The highest BCUT2D eigenvalue weighted by molar-refractivity contribution is 5.96. The van der Waals surface area contributed by atoms with Gasteiger partial charge in [0.1, 0.15) is 5.82 Å². The van der Waals surface area contributed by atoms with Crippen LogP contribution < -0.4 is 4.90 Å². The predicted molar refractivity (Wildman–Crippen MR) is 94.9 cm³/mol. The van der Waals surface area contributed by atoms with E-state index in [9.17, 15) is 14.0 Å². The van der Waals surface area contributed by atoms with Crippen molar-refractivity contribution in [3.05, 3.63) is 66.0 Å². The number of para-hydroxylation sites is 1. The molecule has 4 nitrogen and oxygen atoms in total. The van der Waals surface area contributed by atoms with E-state index in [0.29, 0.717) is 25.9 Å². The minimum Gasteiger partial charge on any atom is -0.339 e. The van der Waals surface area contributed by atoms with E-state index in [4.69, 9.17) is 0 Å². The molecule has 1 saturated heterocycles. The Morgan fingerprint density at radius 2 is 1.60 bits per heavy atom. The van der Waals surface area contributed by atoms with Crippen LogP contribution in [-0.2, 0) is 4.79 Å². The van der Waals surface area contributed by atoms with Crippen molar-refractivity contribution in [1.29, 1.82) is 0 Å². The molecule has 0 saturated carbocycles. The molecule has 3 rings (SSSR count). The fraction of sp³-hybridized carbons (Fsp3) is 0.300. The molecule has 0 spiro atoms. The van der Waals surface area contributed by atoms with Crippen molar-refractivity contribution in [1.82, 2.24) is 4.90 Å². The summed E-state index contributed by atoms with van der Waals surface area (Å²) in [6.45, 7) is 0.929. The first-order valence-electron chi connectivity index (χ1n) is 8.44. The van der Waals surface area contributed by atoms with Gasteiger partial charge in [0.25, 0.3) is 5.91 Å². The SMILES string of the molecule is CN(C(=O)C1CCN(C(=O)c2ccccc2F)CC1)c1ccccc1. The highest BCUT2D eigenvalue weighted by Crippen LogP contribution is 2.24. The Morgan fingerprint density at radius 3 is 2.24 bits per heavy atom. The minimum atomic E-state index is -0.505. The monoisotopic (exact) mass is 340 g/mol. The molecule has 130 valence electrons. The van der Waals surface area contributed by atoms with E-state index in [1.165, 1.54) is 12.1 Å². The maximum atomic E-state index is 13.8. The van der Waals surface area contributed by atoms with Gasteiger partial charge in [0.2, 0.25) is 5.91 Å². The molecule has 1 aliphatic heterocycles. The molecule has 1 aliphatic rings. The Kier molecular flexibility index (Phi) is 5.12. The van der Waals surface area contributed by atoms with Gasteiger partial charge in [0, 0.05) is 31.7 Å². The molecule has 0 atom stereocenters. The lowest BCUT2D eigenvalue weighted by atomic mass is 9.94. The summed E-state index contributed by atoms with van der Waals surface area (Å²) >= 11 is 0. The molecule has 0 bridgehead atoms. The molecule has 25 heavy (non-hydrogen) atoms. The van der Waals surface area contributed by atoms with Crippen molar-refractivity contribution in [2.45, 2.75) is 12.8 Å². The third-order valence-electron chi connectivity index (χ3n) is 4.71. The summed E-state index contributed by atoms with van der Waals surface area (Å²) < 4.78 is 13.8. The van der Waals surface area contributed by atoms with Crippen LogP contribution >= 0.6 is 0 Å². The summed E-state index contributed by atoms with van der Waals surface area (Å²) in [5.41, 5.74) is 0.950. The summed E-state index contributed by atoms with van der Waals surface area (Å²) in [7, 11) is 1.77. The Hall–Kier alpha value is -2.69. The van der Waals surface area contributed by atoms with Crippen LogP contribution in [0.4, 0.5) is 10.1 Å². The second-order valence-corrected chi connectivity index (χ2v) is 6.28. The first kappa shape index (κ1) is 17.1. The van der Waals surface area contributed by atoms with Crippen molar-refractivity contribution in [3.8, 4) is 0 Å². The largest absolute Gasteiger partial charge is 0.339 e. The van der Waals surface area contributed by atoms with Crippen LogP contribution in [-0.4, -0.2) is 36.9 Å². The van der Waals surface area contributed by atoms with Crippen LogP contribution in [0.15, 0.2) is 54.6 Å². The zero-order chi connectivity index (χ0) is 17.8. The van der Waals surface area contributed by atoms with Gasteiger partial charge in [-0.15, -0.1) is 0 Å². The Balaban J connectivity index is 1.61. The molecule has 1 fully saturated rings. The maximum absolute atomic E-state index is 13.8. The molecular formula is C20H21FN2O2. The van der Waals surface area contributed by atoms with Crippen LogP contribution in [0, 0.1) is 11.7 Å². The lowest BCUT2D eigenvalue weighted by Crippen LogP contribution is -2.43. The van der Waals surface area contributed by atoms with E-state index in [0.717, 1.165) is 5.69 Å². The molecular weight excluding hydrogens is 319 g/mol. The lowest BCUT2D eigenvalue weighted by molar-refractivity contribution is -0.123. The maximum Gasteiger partial charge on any atom is 0.256 e. The van der Waals surface area contributed by atoms with Gasteiger partial charge in [-0.1, -0.05) is 30.3 Å². The highest BCUT2D eigenvalue weighted by atomic mass is 19.1. The van der Waals surface area contributed by atoms with Crippen LogP contribution in [0.5, 0.6) is 0 Å². The number of rotatable bonds is 3. The normalized spacial score (nSPS) is 15.0. The molecule has 0 unspecified atom stereocenters. The topological polar surface area (TPSA) is 40.6 Å². The van der Waals surface area contributed by atoms with Gasteiger partial charge in [-0.3, -0.25) is 9.59 Å². The van der Waals surface area contributed by atoms with Gasteiger partial charge in [0.05, 0.1) is 5.56 Å². The number of likely N-dealkylation sites (tertiary alicyclic amines) is 1. The number of hydrogen-bond acceptors (Lipinski definition) is 2. The van der Waals surface area contributed by atoms with Gasteiger partial charge in [-0.25, -0.2) is 4.39 Å². The first-order chi connectivity index (χ1) is 12.1. The number of hydrogen-bond donors (Lipinski definition) is 0. The van der Waals surface area contributed by atoms with Crippen molar-refractivity contribution in [3.63, 3.8) is 0 Å². The van der Waals surface area contributed by atoms with Gasteiger partial charge < -0.3 is 9.80 Å². The highest BCUT2D eigenvalue weighted by Gasteiger charge is 2.30. The van der Waals surface area contributed by atoms with Crippen LogP contribution in [0.3, 0.4) is 0 Å². The van der Waals surface area contributed by atoms with Crippen molar-refractivity contribution in [2.24, 2.45) is 5.92 Å². The number of carbonyl (C=O) groups is 2. The Labute approximate surface area is 146 Å². The third kappa shape index (κ3) is 3.71. The van der Waals surface area contributed by atoms with E-state index in [-0.39, 0.29) is 23.3 Å². The van der Waals surface area contributed by atoms with Crippen LogP contribution in [0.25, 0.3) is 0 Å². The summed E-state index contributed by atoms with van der Waals surface area (Å²) in [6.07, 6.45) is 1.19. The van der Waals surface area contributed by atoms with Crippen LogP contribution in [0.1, 0.15) is 23.2 Å². The summed E-state index contributed by atoms with van der Waals surface area (Å²) in [4.78, 5) is 28.4. The number of halogens is 1. The zero-order valence-corrected chi connectivity index (χ0v) is 14.2. The van der Waals surface area contributed by atoms with Gasteiger partial charge in [0.15, 0.2) is 0 Å². The molecule has 0 aromatic heterocycles. The smallest absolute Gasteiger partial charge is 0.256 e. The average molecular weight is 340 g/mol. The first-order valence-corrected chi connectivity index (χ1v) is 8.44. The summed E-state index contributed by atoms with van der Waals surface area (Å²) in [5, 5.41) is 0. The fourth-order valence-corrected chi connectivity index (χ4v) is 3.19. The predicted octanol–water partition coefficient (Wildman–Crippen LogP) is 3.34. The molecule has 0 N–H and O–H groups in total. The van der Waals surface area contributed by atoms with E-state index in [2.05, 4.69) is 0 Å². The third-order valence-corrected chi connectivity index (χ3v) is 4.71. The fourth-order valence-electron chi connectivity index (χ4n) is 3.19. The van der Waals surface area contributed by atoms with Crippen molar-refractivity contribution >= 4 is 17.5 Å². The molecule has 2 amide bonds. The standard InChI is InChI=1S/C20H21FN2O2/c1-22(16-7-3-2-4-8-16)19(24)15-11-13-23(14-12-15)20(25)17-9-5-6-10-18(17)21/h2-10,15H,11-14H2,1H3. The van der Waals surface area contributed by atoms with E-state index in [1.807, 2.05) is 30.3 Å². The Morgan fingerprint density at radius 1 is 1.00 bits per heavy atom. The van der Waals surface area contributed by atoms with Crippen LogP contribution in [0.2, 0.25) is 0 Å². The molecule has 0 radical (unpaired) electrons. The number of carbonyl (C=O) groups excluding carboxylic acids is 2. The van der Waals surface area contributed by atoms with Crippen molar-refractivity contribution in [2.75, 3.05) is 25.0 Å².